The van der Waals surface area contributed by atoms with Crippen LogP contribution in [0.1, 0.15) is 12.5 Å². The van der Waals surface area contributed by atoms with Crippen LogP contribution in [-0.4, -0.2) is 9.97 Å². The van der Waals surface area contributed by atoms with Crippen LogP contribution >= 0.6 is 0 Å². The van der Waals surface area contributed by atoms with Gasteiger partial charge in [-0.25, -0.2) is 18.7 Å². The standard InChI is InChI=1S/C12H11F2N3O/c1-12(13,14)8-2-4-9(5-3-8)18-11-10(15)16-6-7-17-11/h2-7H,1H3,(H2,15,16). The maximum absolute atomic E-state index is 13.0. The SMILES string of the molecule is CC(F)(F)c1ccc(Oc2nccnc2N)cc1. The molecular formula is C12H11F2N3O. The number of nitrogens with two attached hydrogens (primary N) is 1. The molecule has 0 aliphatic rings. The number of nitrogen functional groups attached to an aromatic ring is 1. The number of anilines is 1. The average Bonchev–Trinajstić information content (AvgIpc) is 2.32. The fourth-order valence-electron chi connectivity index (χ4n) is 1.34. The van der Waals surface area contributed by atoms with Crippen molar-refractivity contribution in [2.45, 2.75) is 12.8 Å². The van der Waals surface area contributed by atoms with Crippen LogP contribution in [0.3, 0.4) is 0 Å². The molecule has 1 heterocycles. The lowest BCUT2D eigenvalue weighted by Gasteiger charge is -2.11. The molecule has 0 atom stereocenters. The molecule has 6 heteroatoms. The van der Waals surface area contributed by atoms with E-state index in [-0.39, 0.29) is 17.3 Å². The summed E-state index contributed by atoms with van der Waals surface area (Å²) in [5.74, 6) is -2.21. The molecule has 0 aliphatic carbocycles. The average molecular weight is 251 g/mol. The fourth-order valence-corrected chi connectivity index (χ4v) is 1.34. The van der Waals surface area contributed by atoms with Crippen LogP contribution in [0.25, 0.3) is 0 Å². The highest BCUT2D eigenvalue weighted by molar-refractivity contribution is 5.42. The number of aromatic nitrogens is 2. The molecule has 94 valence electrons. The van der Waals surface area contributed by atoms with Gasteiger partial charge in [-0.2, -0.15) is 0 Å². The fraction of sp³-hybridized carbons (Fsp3) is 0.167. The molecule has 18 heavy (non-hydrogen) atoms. The lowest BCUT2D eigenvalue weighted by atomic mass is 10.1. The highest BCUT2D eigenvalue weighted by Crippen LogP contribution is 2.29. The number of hydrogen-bond acceptors (Lipinski definition) is 4. The molecule has 0 bridgehead atoms. The number of benzene rings is 1. The van der Waals surface area contributed by atoms with E-state index >= 15 is 0 Å². The molecule has 0 spiro atoms. The Kier molecular flexibility index (Phi) is 3.10. The summed E-state index contributed by atoms with van der Waals surface area (Å²) in [6.07, 6.45) is 2.86. The van der Waals surface area contributed by atoms with E-state index in [0.29, 0.717) is 5.75 Å². The predicted molar refractivity (Wildman–Crippen MR) is 62.5 cm³/mol. The van der Waals surface area contributed by atoms with Crippen LogP contribution < -0.4 is 10.5 Å². The summed E-state index contributed by atoms with van der Waals surface area (Å²) in [5, 5.41) is 0. The van der Waals surface area contributed by atoms with Gasteiger partial charge in [0.15, 0.2) is 5.82 Å². The lowest BCUT2D eigenvalue weighted by molar-refractivity contribution is 0.0174. The van der Waals surface area contributed by atoms with Crippen molar-refractivity contribution < 1.29 is 13.5 Å². The second kappa shape index (κ2) is 4.56. The third-order valence-electron chi connectivity index (χ3n) is 2.27. The van der Waals surface area contributed by atoms with Crippen molar-refractivity contribution in [3.8, 4) is 11.6 Å². The molecule has 1 aromatic heterocycles. The predicted octanol–water partition coefficient (Wildman–Crippen LogP) is 2.96. The lowest BCUT2D eigenvalue weighted by Crippen LogP contribution is -2.06. The minimum Gasteiger partial charge on any atom is -0.436 e. The van der Waals surface area contributed by atoms with Crippen LogP contribution in [0.2, 0.25) is 0 Å². The summed E-state index contributed by atoms with van der Waals surface area (Å²) in [6.45, 7) is 0.837. The zero-order valence-corrected chi connectivity index (χ0v) is 9.60. The molecular weight excluding hydrogens is 240 g/mol. The van der Waals surface area contributed by atoms with Gasteiger partial charge in [-0.05, 0) is 24.3 Å². The number of halogens is 2. The second-order valence-electron chi connectivity index (χ2n) is 3.76. The quantitative estimate of drug-likeness (QED) is 0.911. The Bertz CT molecular complexity index is 538. The number of rotatable bonds is 3. The topological polar surface area (TPSA) is 61.0 Å². The van der Waals surface area contributed by atoms with Crippen LogP contribution in [0.4, 0.5) is 14.6 Å². The van der Waals surface area contributed by atoms with Crippen molar-refractivity contribution in [1.82, 2.24) is 9.97 Å². The number of nitrogens with zero attached hydrogens (tertiary/aromatic N) is 2. The maximum atomic E-state index is 13.0. The molecule has 2 aromatic rings. The van der Waals surface area contributed by atoms with Crippen LogP contribution in [0.5, 0.6) is 11.6 Å². The summed E-state index contributed by atoms with van der Waals surface area (Å²) in [5.41, 5.74) is 5.47. The van der Waals surface area contributed by atoms with Gasteiger partial charge in [0.2, 0.25) is 0 Å². The third-order valence-corrected chi connectivity index (χ3v) is 2.27. The Labute approximate surface area is 102 Å². The summed E-state index contributed by atoms with van der Waals surface area (Å²) >= 11 is 0. The van der Waals surface area contributed by atoms with Gasteiger partial charge in [0, 0.05) is 24.9 Å². The van der Waals surface area contributed by atoms with E-state index in [9.17, 15) is 8.78 Å². The molecule has 0 saturated heterocycles. The molecule has 4 nitrogen and oxygen atoms in total. The van der Waals surface area contributed by atoms with Gasteiger partial charge in [0.1, 0.15) is 5.75 Å². The van der Waals surface area contributed by atoms with E-state index in [1.54, 1.807) is 0 Å². The molecule has 0 unspecified atom stereocenters. The molecule has 0 amide bonds. The maximum Gasteiger partial charge on any atom is 0.270 e. The highest BCUT2D eigenvalue weighted by atomic mass is 19.3. The summed E-state index contributed by atoms with van der Waals surface area (Å²) in [4.78, 5) is 7.69. The minimum atomic E-state index is -2.87. The Morgan fingerprint density at radius 1 is 1.11 bits per heavy atom. The van der Waals surface area contributed by atoms with E-state index in [0.717, 1.165) is 6.92 Å². The Balaban J connectivity index is 2.19. The van der Waals surface area contributed by atoms with Gasteiger partial charge in [-0.15, -0.1) is 0 Å². The smallest absolute Gasteiger partial charge is 0.270 e. The van der Waals surface area contributed by atoms with E-state index in [1.807, 2.05) is 0 Å². The first-order valence-corrected chi connectivity index (χ1v) is 5.19. The van der Waals surface area contributed by atoms with Gasteiger partial charge in [0.05, 0.1) is 0 Å². The van der Waals surface area contributed by atoms with Gasteiger partial charge < -0.3 is 10.5 Å². The van der Waals surface area contributed by atoms with Crippen molar-refractivity contribution in [2.24, 2.45) is 0 Å². The van der Waals surface area contributed by atoms with E-state index in [1.165, 1.54) is 36.7 Å². The van der Waals surface area contributed by atoms with Gasteiger partial charge >= 0.3 is 0 Å². The van der Waals surface area contributed by atoms with E-state index < -0.39 is 5.92 Å². The number of alkyl halides is 2. The zero-order chi connectivity index (χ0) is 13.2. The normalized spacial score (nSPS) is 11.3. The first-order valence-electron chi connectivity index (χ1n) is 5.19. The van der Waals surface area contributed by atoms with Crippen molar-refractivity contribution >= 4 is 5.82 Å². The monoisotopic (exact) mass is 251 g/mol. The Hall–Kier alpha value is -2.24. The molecule has 2 N–H and O–H groups in total. The van der Waals surface area contributed by atoms with E-state index in [4.69, 9.17) is 10.5 Å². The zero-order valence-electron chi connectivity index (χ0n) is 9.60. The number of ether oxygens (including phenoxy) is 1. The first-order chi connectivity index (χ1) is 8.47. The Morgan fingerprint density at radius 2 is 1.72 bits per heavy atom. The summed E-state index contributed by atoms with van der Waals surface area (Å²) in [6, 6.07) is 5.45. The molecule has 1 aromatic carbocycles. The van der Waals surface area contributed by atoms with Crippen LogP contribution in [0, 0.1) is 0 Å². The van der Waals surface area contributed by atoms with Crippen molar-refractivity contribution in [2.75, 3.05) is 5.73 Å². The van der Waals surface area contributed by atoms with Gasteiger partial charge in [0.25, 0.3) is 11.8 Å². The van der Waals surface area contributed by atoms with Crippen molar-refractivity contribution in [3.05, 3.63) is 42.2 Å². The molecule has 0 saturated carbocycles. The van der Waals surface area contributed by atoms with Crippen LogP contribution in [-0.2, 0) is 5.92 Å². The minimum absolute atomic E-state index is 0.0815. The molecule has 0 fully saturated rings. The largest absolute Gasteiger partial charge is 0.436 e. The second-order valence-corrected chi connectivity index (χ2v) is 3.76. The molecule has 2 rings (SSSR count). The molecule has 0 radical (unpaired) electrons. The Morgan fingerprint density at radius 3 is 2.28 bits per heavy atom. The van der Waals surface area contributed by atoms with E-state index in [2.05, 4.69) is 9.97 Å². The highest BCUT2D eigenvalue weighted by Gasteiger charge is 2.23. The summed E-state index contributed by atoms with van der Waals surface area (Å²) in [7, 11) is 0. The van der Waals surface area contributed by atoms with Gasteiger partial charge in [-0.1, -0.05) is 0 Å². The molecule has 0 aliphatic heterocycles. The summed E-state index contributed by atoms with van der Waals surface area (Å²) < 4.78 is 31.3. The number of hydrogen-bond donors (Lipinski definition) is 1. The van der Waals surface area contributed by atoms with Crippen molar-refractivity contribution in [1.29, 1.82) is 0 Å². The van der Waals surface area contributed by atoms with Gasteiger partial charge in [-0.3, -0.25) is 0 Å². The third kappa shape index (κ3) is 2.71. The van der Waals surface area contributed by atoms with Crippen molar-refractivity contribution in [3.63, 3.8) is 0 Å². The van der Waals surface area contributed by atoms with Crippen LogP contribution in [0.15, 0.2) is 36.7 Å². The first kappa shape index (κ1) is 12.2.